The Kier molecular flexibility index (Phi) is 2.37. The lowest BCUT2D eigenvalue weighted by Crippen LogP contribution is -2.59. The lowest BCUT2D eigenvalue weighted by molar-refractivity contribution is 0.130. The van der Waals surface area contributed by atoms with Crippen LogP contribution in [0.25, 0.3) is 0 Å². The summed E-state index contributed by atoms with van der Waals surface area (Å²) in [5, 5.41) is 3.79. The van der Waals surface area contributed by atoms with Crippen LogP contribution < -0.4 is 5.32 Å². The lowest BCUT2D eigenvalue weighted by Gasteiger charge is -2.41. The van der Waals surface area contributed by atoms with Crippen molar-refractivity contribution in [3.05, 3.63) is 0 Å². The average molecular weight is 182 g/mol. The van der Waals surface area contributed by atoms with Gasteiger partial charge in [-0.15, -0.1) is 0 Å². The maximum Gasteiger partial charge on any atom is 0.0325 e. The highest BCUT2D eigenvalue weighted by Gasteiger charge is 2.37. The van der Waals surface area contributed by atoms with E-state index in [1.54, 1.807) is 0 Å². The van der Waals surface area contributed by atoms with Crippen LogP contribution in [0.3, 0.4) is 0 Å². The van der Waals surface area contributed by atoms with Gasteiger partial charge in [0.2, 0.25) is 0 Å². The minimum Gasteiger partial charge on any atom is -0.308 e. The van der Waals surface area contributed by atoms with Gasteiger partial charge in [0.05, 0.1) is 0 Å². The molecular weight excluding hydrogens is 160 g/mol. The molecule has 0 bridgehead atoms. The van der Waals surface area contributed by atoms with Gasteiger partial charge in [0.25, 0.3) is 0 Å². The highest BCUT2D eigenvalue weighted by molar-refractivity contribution is 4.95. The molecular formula is C11H22N2. The minimum atomic E-state index is 0.536. The van der Waals surface area contributed by atoms with Crippen LogP contribution in [0.2, 0.25) is 0 Å². The molecule has 1 saturated heterocycles. The predicted molar refractivity (Wildman–Crippen MR) is 55.8 cm³/mol. The van der Waals surface area contributed by atoms with Crippen LogP contribution in [0.15, 0.2) is 0 Å². The third-order valence-corrected chi connectivity index (χ3v) is 3.76. The summed E-state index contributed by atoms with van der Waals surface area (Å²) in [6.45, 7) is 7.29. The van der Waals surface area contributed by atoms with Gasteiger partial charge in [-0.3, -0.25) is 0 Å². The van der Waals surface area contributed by atoms with E-state index >= 15 is 0 Å². The Balaban J connectivity index is 1.81. The van der Waals surface area contributed by atoms with Crippen LogP contribution >= 0.6 is 0 Å². The van der Waals surface area contributed by atoms with Crippen molar-refractivity contribution in [1.29, 1.82) is 0 Å². The second kappa shape index (κ2) is 3.25. The van der Waals surface area contributed by atoms with Crippen molar-refractivity contribution in [1.82, 2.24) is 10.2 Å². The van der Waals surface area contributed by atoms with Crippen molar-refractivity contribution >= 4 is 0 Å². The van der Waals surface area contributed by atoms with Crippen molar-refractivity contribution in [2.24, 2.45) is 5.41 Å². The molecule has 1 heterocycles. The zero-order valence-corrected chi connectivity index (χ0v) is 9.14. The summed E-state index contributed by atoms with van der Waals surface area (Å²) < 4.78 is 0. The molecule has 2 rings (SSSR count). The molecule has 1 saturated carbocycles. The molecule has 76 valence electrons. The molecule has 0 radical (unpaired) electrons. The Bertz CT molecular complexity index is 183. The number of nitrogens with zero attached hydrogens (tertiary/aromatic N) is 1. The van der Waals surface area contributed by atoms with Crippen LogP contribution in [-0.4, -0.2) is 37.1 Å². The van der Waals surface area contributed by atoms with Gasteiger partial charge >= 0.3 is 0 Å². The zero-order valence-electron chi connectivity index (χ0n) is 9.14. The van der Waals surface area contributed by atoms with E-state index in [0.717, 1.165) is 12.1 Å². The van der Waals surface area contributed by atoms with Crippen molar-refractivity contribution in [3.63, 3.8) is 0 Å². The summed E-state index contributed by atoms with van der Waals surface area (Å²) in [5.74, 6) is 0. The fourth-order valence-electron chi connectivity index (χ4n) is 2.72. The molecule has 2 heteroatoms. The number of nitrogens with one attached hydrogen (secondary N) is 1. The molecule has 1 N–H and O–H groups in total. The maximum atomic E-state index is 3.79. The zero-order chi connectivity index (χ0) is 9.47. The van der Waals surface area contributed by atoms with Crippen LogP contribution in [0.4, 0.5) is 0 Å². The first kappa shape index (κ1) is 9.47. The average Bonchev–Trinajstić information content (AvgIpc) is 2.28. The first-order valence-corrected chi connectivity index (χ1v) is 5.52. The smallest absolute Gasteiger partial charge is 0.0325 e. The molecule has 13 heavy (non-hydrogen) atoms. The summed E-state index contributed by atoms with van der Waals surface area (Å²) in [6, 6.07) is 1.54. The van der Waals surface area contributed by atoms with Gasteiger partial charge in [0.15, 0.2) is 0 Å². The van der Waals surface area contributed by atoms with Crippen molar-refractivity contribution in [3.8, 4) is 0 Å². The fraction of sp³-hybridized carbons (Fsp3) is 1.00. The van der Waals surface area contributed by atoms with Crippen molar-refractivity contribution in [2.45, 2.75) is 45.2 Å². The Morgan fingerprint density at radius 2 is 2.00 bits per heavy atom. The van der Waals surface area contributed by atoms with E-state index in [1.165, 1.54) is 32.4 Å². The number of rotatable bonds is 2. The number of hydrogen-bond donors (Lipinski definition) is 1. The predicted octanol–water partition coefficient (Wildman–Crippen LogP) is 1.47. The van der Waals surface area contributed by atoms with Gasteiger partial charge in [-0.05, 0) is 25.3 Å². The van der Waals surface area contributed by atoms with Crippen molar-refractivity contribution in [2.75, 3.05) is 20.1 Å². The van der Waals surface area contributed by atoms with Crippen LogP contribution in [0.1, 0.15) is 33.1 Å². The highest BCUT2D eigenvalue weighted by atomic mass is 15.2. The molecule has 0 aromatic carbocycles. The molecule has 1 aliphatic heterocycles. The molecule has 0 spiro atoms. The molecule has 1 unspecified atom stereocenters. The third-order valence-electron chi connectivity index (χ3n) is 3.76. The van der Waals surface area contributed by atoms with Crippen LogP contribution in [0, 0.1) is 5.41 Å². The minimum absolute atomic E-state index is 0.536. The molecule has 1 atom stereocenters. The molecule has 2 aliphatic rings. The second-order valence-electron chi connectivity index (χ2n) is 5.52. The second-order valence-corrected chi connectivity index (χ2v) is 5.52. The van der Waals surface area contributed by atoms with Gasteiger partial charge in [-0.25, -0.2) is 0 Å². The SMILES string of the molecule is CN1CC(NC2CCCC2(C)C)C1. The monoisotopic (exact) mass is 182 g/mol. The largest absolute Gasteiger partial charge is 0.308 e. The van der Waals surface area contributed by atoms with Crippen LogP contribution in [0.5, 0.6) is 0 Å². The van der Waals surface area contributed by atoms with Gasteiger partial charge in [0.1, 0.15) is 0 Å². The molecule has 2 fully saturated rings. The summed E-state index contributed by atoms with van der Waals surface area (Å²) in [7, 11) is 2.19. The summed E-state index contributed by atoms with van der Waals surface area (Å²) in [4.78, 5) is 2.37. The highest BCUT2D eigenvalue weighted by Crippen LogP contribution is 2.37. The molecule has 1 aliphatic carbocycles. The number of likely N-dealkylation sites (tertiary alicyclic amines) is 1. The summed E-state index contributed by atoms with van der Waals surface area (Å²) >= 11 is 0. The molecule has 0 aromatic rings. The standard InChI is InChI=1S/C11H22N2/c1-11(2)6-4-5-10(11)12-9-7-13(3)8-9/h9-10,12H,4-8H2,1-3H3. The lowest BCUT2D eigenvalue weighted by atomic mass is 9.86. The summed E-state index contributed by atoms with van der Waals surface area (Å²) in [6.07, 6.45) is 4.19. The van der Waals surface area contributed by atoms with Crippen LogP contribution in [-0.2, 0) is 0 Å². The van der Waals surface area contributed by atoms with E-state index < -0.39 is 0 Å². The molecule has 0 amide bonds. The normalized spacial score (nSPS) is 34.8. The maximum absolute atomic E-state index is 3.79. The Labute approximate surface area is 81.7 Å². The Morgan fingerprint density at radius 1 is 1.31 bits per heavy atom. The topological polar surface area (TPSA) is 15.3 Å². The first-order valence-electron chi connectivity index (χ1n) is 5.52. The van der Waals surface area contributed by atoms with Crippen molar-refractivity contribution < 1.29 is 0 Å². The first-order chi connectivity index (χ1) is 6.08. The van der Waals surface area contributed by atoms with E-state index in [9.17, 15) is 0 Å². The van der Waals surface area contributed by atoms with Gasteiger partial charge in [-0.1, -0.05) is 20.3 Å². The van der Waals surface area contributed by atoms with E-state index in [0.29, 0.717) is 5.41 Å². The third kappa shape index (κ3) is 1.89. The quantitative estimate of drug-likeness (QED) is 0.695. The Morgan fingerprint density at radius 3 is 2.46 bits per heavy atom. The summed E-state index contributed by atoms with van der Waals surface area (Å²) in [5.41, 5.74) is 0.536. The Hall–Kier alpha value is -0.0800. The van der Waals surface area contributed by atoms with E-state index in [1.807, 2.05) is 0 Å². The number of hydrogen-bond acceptors (Lipinski definition) is 2. The molecule has 2 nitrogen and oxygen atoms in total. The fourth-order valence-corrected chi connectivity index (χ4v) is 2.72. The van der Waals surface area contributed by atoms with Gasteiger partial charge < -0.3 is 10.2 Å². The van der Waals surface area contributed by atoms with Gasteiger partial charge in [-0.2, -0.15) is 0 Å². The van der Waals surface area contributed by atoms with E-state index in [4.69, 9.17) is 0 Å². The van der Waals surface area contributed by atoms with Gasteiger partial charge in [0, 0.05) is 25.2 Å². The van der Waals surface area contributed by atoms with E-state index in [2.05, 4.69) is 31.1 Å². The number of likely N-dealkylation sites (N-methyl/N-ethyl adjacent to an activating group) is 1. The van der Waals surface area contributed by atoms with E-state index in [-0.39, 0.29) is 0 Å². The molecule has 0 aromatic heterocycles.